The van der Waals surface area contributed by atoms with E-state index in [1.807, 2.05) is 0 Å². The first-order valence-corrected chi connectivity index (χ1v) is 6.73. The third-order valence-electron chi connectivity index (χ3n) is 3.37. The summed E-state index contributed by atoms with van der Waals surface area (Å²) in [5, 5.41) is 0.702. The van der Waals surface area contributed by atoms with Crippen LogP contribution in [0.1, 0.15) is 5.56 Å². The molecule has 0 unspecified atom stereocenters. The third-order valence-corrected chi connectivity index (χ3v) is 3.37. The number of ether oxygens (including phenoxy) is 1. The summed E-state index contributed by atoms with van der Waals surface area (Å²) < 4.78 is 18.7. The number of rotatable bonds is 3. The van der Waals surface area contributed by atoms with Crippen molar-refractivity contribution in [2.75, 3.05) is 0 Å². The molecule has 0 aliphatic rings. The molecule has 0 bridgehead atoms. The highest BCUT2D eigenvalue weighted by Gasteiger charge is 2.10. The normalized spacial score (nSPS) is 10.7. The number of aromatic amines is 1. The van der Waals surface area contributed by atoms with Gasteiger partial charge >= 0.3 is 6.09 Å². The predicted octanol–water partition coefficient (Wildman–Crippen LogP) is 2.32. The number of carbonyl (C=O) groups excluding carboxylic acids is 1. The molecule has 116 valence electrons. The van der Waals surface area contributed by atoms with Gasteiger partial charge in [0.25, 0.3) is 0 Å². The third kappa shape index (κ3) is 3.03. The van der Waals surface area contributed by atoms with Gasteiger partial charge in [0.2, 0.25) is 5.56 Å². The summed E-state index contributed by atoms with van der Waals surface area (Å²) in [5.74, 6) is -0.516. The van der Waals surface area contributed by atoms with E-state index in [1.165, 1.54) is 24.4 Å². The zero-order chi connectivity index (χ0) is 16.4. The van der Waals surface area contributed by atoms with Crippen molar-refractivity contribution in [3.05, 3.63) is 64.3 Å². The second-order valence-corrected chi connectivity index (χ2v) is 4.86. The molecule has 23 heavy (non-hydrogen) atoms. The minimum atomic E-state index is -0.961. The molecular formula is C16H12FN3O3. The van der Waals surface area contributed by atoms with E-state index in [1.54, 1.807) is 18.2 Å². The van der Waals surface area contributed by atoms with Crippen LogP contribution >= 0.6 is 0 Å². The van der Waals surface area contributed by atoms with Crippen LogP contribution < -0.4 is 11.3 Å². The monoisotopic (exact) mass is 313 g/mol. The highest BCUT2D eigenvalue weighted by molar-refractivity contribution is 5.92. The van der Waals surface area contributed by atoms with Gasteiger partial charge in [-0.05, 0) is 29.3 Å². The van der Waals surface area contributed by atoms with Crippen LogP contribution in [0.4, 0.5) is 9.18 Å². The second-order valence-electron chi connectivity index (χ2n) is 4.86. The molecular weight excluding hydrogens is 301 g/mol. The van der Waals surface area contributed by atoms with Crippen LogP contribution in [0.3, 0.4) is 0 Å². The molecule has 3 N–H and O–H groups in total. The summed E-state index contributed by atoms with van der Waals surface area (Å²) >= 11 is 0. The number of benzene rings is 1. The first-order chi connectivity index (χ1) is 11.0. The van der Waals surface area contributed by atoms with Gasteiger partial charge in [-0.3, -0.25) is 4.79 Å². The zero-order valence-corrected chi connectivity index (χ0v) is 11.9. The minimum absolute atomic E-state index is 0.222. The smallest absolute Gasteiger partial charge is 0.404 e. The maximum atomic E-state index is 14.1. The number of primary amides is 1. The Morgan fingerprint density at radius 1 is 1.26 bits per heavy atom. The highest BCUT2D eigenvalue weighted by atomic mass is 19.1. The Balaban J connectivity index is 2.04. The maximum absolute atomic E-state index is 14.1. The van der Waals surface area contributed by atoms with Crippen molar-refractivity contribution in [2.45, 2.75) is 6.61 Å². The molecule has 7 heteroatoms. The first kappa shape index (κ1) is 14.7. The molecule has 2 aromatic heterocycles. The van der Waals surface area contributed by atoms with Gasteiger partial charge in [0, 0.05) is 23.2 Å². The van der Waals surface area contributed by atoms with Gasteiger partial charge in [-0.2, -0.15) is 0 Å². The standard InChI is InChI=1S/C16H12FN3O3/c17-13-7-9(1-2-10(13)8-23-16(18)22)11-5-6-19-15-12(11)3-4-14(21)20-15/h1-7H,8H2,(H2,18,22)(H,19,20,21). The van der Waals surface area contributed by atoms with E-state index in [0.29, 0.717) is 16.6 Å². The molecule has 3 rings (SSSR count). The zero-order valence-electron chi connectivity index (χ0n) is 11.9. The van der Waals surface area contributed by atoms with Gasteiger partial charge in [0.05, 0.1) is 0 Å². The topological polar surface area (TPSA) is 98.1 Å². The molecule has 0 fully saturated rings. The molecule has 0 radical (unpaired) electrons. The van der Waals surface area contributed by atoms with E-state index >= 15 is 0 Å². The molecule has 0 saturated carbocycles. The number of pyridine rings is 2. The van der Waals surface area contributed by atoms with Crippen molar-refractivity contribution in [1.82, 2.24) is 9.97 Å². The van der Waals surface area contributed by atoms with Gasteiger partial charge < -0.3 is 15.5 Å². The maximum Gasteiger partial charge on any atom is 0.404 e. The summed E-state index contributed by atoms with van der Waals surface area (Å²) in [5.41, 5.74) is 6.60. The minimum Gasteiger partial charge on any atom is -0.445 e. The number of amides is 1. The van der Waals surface area contributed by atoms with E-state index in [9.17, 15) is 14.0 Å². The average Bonchev–Trinajstić information content (AvgIpc) is 2.52. The number of halogens is 1. The molecule has 2 heterocycles. The number of aromatic nitrogens is 2. The summed E-state index contributed by atoms with van der Waals surface area (Å²) in [6.45, 7) is -0.230. The Kier molecular flexibility index (Phi) is 3.76. The van der Waals surface area contributed by atoms with E-state index in [4.69, 9.17) is 5.73 Å². The Morgan fingerprint density at radius 2 is 2.09 bits per heavy atom. The molecule has 1 amide bonds. The molecule has 1 aromatic carbocycles. The number of H-pyrrole nitrogens is 1. The summed E-state index contributed by atoms with van der Waals surface area (Å²) in [4.78, 5) is 28.7. The van der Waals surface area contributed by atoms with Gasteiger partial charge in [-0.1, -0.05) is 12.1 Å². The van der Waals surface area contributed by atoms with Crippen LogP contribution in [-0.2, 0) is 11.3 Å². The lowest BCUT2D eigenvalue weighted by molar-refractivity contribution is 0.149. The van der Waals surface area contributed by atoms with Crippen molar-refractivity contribution < 1.29 is 13.9 Å². The number of nitrogens with zero attached hydrogens (tertiary/aromatic N) is 1. The highest BCUT2D eigenvalue weighted by Crippen LogP contribution is 2.27. The average molecular weight is 313 g/mol. The van der Waals surface area contributed by atoms with Crippen molar-refractivity contribution in [2.24, 2.45) is 5.73 Å². The van der Waals surface area contributed by atoms with Gasteiger partial charge in [-0.25, -0.2) is 14.2 Å². The van der Waals surface area contributed by atoms with E-state index in [-0.39, 0.29) is 17.7 Å². The largest absolute Gasteiger partial charge is 0.445 e. The van der Waals surface area contributed by atoms with Crippen molar-refractivity contribution in [1.29, 1.82) is 0 Å². The second kappa shape index (κ2) is 5.88. The number of hydrogen-bond acceptors (Lipinski definition) is 4. The Labute approximate surface area is 129 Å². The lowest BCUT2D eigenvalue weighted by Gasteiger charge is -2.08. The number of nitrogens with one attached hydrogen (secondary N) is 1. The van der Waals surface area contributed by atoms with Gasteiger partial charge in [-0.15, -0.1) is 0 Å². The molecule has 6 nitrogen and oxygen atoms in total. The van der Waals surface area contributed by atoms with E-state index in [0.717, 1.165) is 5.56 Å². The SMILES string of the molecule is NC(=O)OCc1ccc(-c2ccnc3[nH]c(=O)ccc23)cc1F. The Bertz CT molecular complexity index is 953. The lowest BCUT2D eigenvalue weighted by Crippen LogP contribution is -2.13. The molecule has 0 aliphatic heterocycles. The summed E-state index contributed by atoms with van der Waals surface area (Å²) in [7, 11) is 0. The van der Waals surface area contributed by atoms with Crippen molar-refractivity contribution in [3.63, 3.8) is 0 Å². The fraction of sp³-hybridized carbons (Fsp3) is 0.0625. The summed E-state index contributed by atoms with van der Waals surface area (Å²) in [6.07, 6.45) is 0.577. The van der Waals surface area contributed by atoms with Crippen LogP contribution in [0.2, 0.25) is 0 Å². The quantitative estimate of drug-likeness (QED) is 0.775. The molecule has 3 aromatic rings. The van der Waals surface area contributed by atoms with Crippen molar-refractivity contribution >= 4 is 17.1 Å². The lowest BCUT2D eigenvalue weighted by atomic mass is 10.0. The van der Waals surface area contributed by atoms with Gasteiger partial charge in [0.15, 0.2) is 0 Å². The number of hydrogen-bond donors (Lipinski definition) is 2. The predicted molar refractivity (Wildman–Crippen MR) is 82.1 cm³/mol. The molecule has 0 spiro atoms. The summed E-state index contributed by atoms with van der Waals surface area (Å²) in [6, 6.07) is 9.31. The van der Waals surface area contributed by atoms with Gasteiger partial charge in [0.1, 0.15) is 18.1 Å². The number of fused-ring (bicyclic) bond motifs is 1. The van der Waals surface area contributed by atoms with E-state index in [2.05, 4.69) is 14.7 Å². The molecule has 0 atom stereocenters. The van der Waals surface area contributed by atoms with E-state index < -0.39 is 11.9 Å². The Hall–Kier alpha value is -3.22. The van der Waals surface area contributed by atoms with Crippen LogP contribution in [0, 0.1) is 5.82 Å². The molecule has 0 saturated heterocycles. The Morgan fingerprint density at radius 3 is 2.83 bits per heavy atom. The van der Waals surface area contributed by atoms with Crippen LogP contribution in [0.15, 0.2) is 47.4 Å². The van der Waals surface area contributed by atoms with Crippen LogP contribution in [-0.4, -0.2) is 16.1 Å². The van der Waals surface area contributed by atoms with Crippen LogP contribution in [0.25, 0.3) is 22.2 Å². The van der Waals surface area contributed by atoms with Crippen molar-refractivity contribution in [3.8, 4) is 11.1 Å². The van der Waals surface area contributed by atoms with Crippen LogP contribution in [0.5, 0.6) is 0 Å². The number of nitrogens with two attached hydrogens (primary N) is 1. The number of carbonyl (C=O) groups is 1. The fourth-order valence-corrected chi connectivity index (χ4v) is 2.29. The first-order valence-electron chi connectivity index (χ1n) is 6.73. The molecule has 0 aliphatic carbocycles. The fourth-order valence-electron chi connectivity index (χ4n) is 2.29.